The number of carbonyl (C=O) groups excluding carboxylic acids is 2. The molecule has 3 N–H and O–H groups in total. The van der Waals surface area contributed by atoms with Crippen molar-refractivity contribution in [1.29, 1.82) is 0 Å². The van der Waals surface area contributed by atoms with E-state index in [-0.39, 0.29) is 29.9 Å². The van der Waals surface area contributed by atoms with E-state index in [1.54, 1.807) is 21.1 Å². The molecule has 0 unspecified atom stereocenters. The topological polar surface area (TPSA) is 90.6 Å². The summed E-state index contributed by atoms with van der Waals surface area (Å²) in [6, 6.07) is 0. The fourth-order valence-electron chi connectivity index (χ4n) is 2.93. The Balaban J connectivity index is 4.08. The summed E-state index contributed by atoms with van der Waals surface area (Å²) in [6.07, 6.45) is 3.71. The summed E-state index contributed by atoms with van der Waals surface area (Å²) in [4.78, 5) is 23.3. The maximum atomic E-state index is 12.1. The lowest BCUT2D eigenvalue weighted by molar-refractivity contribution is -0.125. The molecule has 0 spiro atoms. The van der Waals surface area contributed by atoms with Crippen LogP contribution in [0.4, 0.5) is 0 Å². The molecule has 0 aromatic carbocycles. The summed E-state index contributed by atoms with van der Waals surface area (Å²) in [5, 5.41) is 2.95. The number of amides is 2. The van der Waals surface area contributed by atoms with Crippen molar-refractivity contribution >= 4 is 11.8 Å². The van der Waals surface area contributed by atoms with Gasteiger partial charge in [-0.1, -0.05) is 34.1 Å². The van der Waals surface area contributed by atoms with Crippen LogP contribution >= 0.6 is 0 Å². The average molecular weight is 359 g/mol. The fourth-order valence-corrected chi connectivity index (χ4v) is 2.93. The van der Waals surface area contributed by atoms with Crippen molar-refractivity contribution in [2.24, 2.45) is 23.5 Å². The van der Waals surface area contributed by atoms with Crippen LogP contribution in [0, 0.1) is 17.8 Å². The zero-order valence-electron chi connectivity index (χ0n) is 16.8. The third-order valence-corrected chi connectivity index (χ3v) is 5.36. The van der Waals surface area contributed by atoms with Crippen LogP contribution in [0.2, 0.25) is 0 Å². The third-order valence-electron chi connectivity index (χ3n) is 5.36. The highest BCUT2D eigenvalue weighted by Gasteiger charge is 2.24. The van der Waals surface area contributed by atoms with Gasteiger partial charge in [0.05, 0.1) is 24.5 Å². The molecule has 0 aromatic heterocycles. The van der Waals surface area contributed by atoms with Crippen LogP contribution in [0.5, 0.6) is 0 Å². The summed E-state index contributed by atoms with van der Waals surface area (Å²) in [5.41, 5.74) is 5.31. The maximum absolute atomic E-state index is 12.1. The second kappa shape index (κ2) is 13.1. The van der Waals surface area contributed by atoms with E-state index in [0.717, 1.165) is 25.7 Å². The Morgan fingerprint density at radius 2 is 1.64 bits per heavy atom. The Bertz CT molecular complexity index is 390. The molecule has 25 heavy (non-hydrogen) atoms. The van der Waals surface area contributed by atoms with Crippen LogP contribution in [-0.2, 0) is 19.1 Å². The Kier molecular flexibility index (Phi) is 12.5. The standard InChI is InChI=1S/C19H38N2O4/c1-7-13(2)14(3)17(25-6)12-18(22)21-11-9-8-10-16(24-5)15(4)19(20)23/h13-17H,7-12H2,1-6H3,(H2,20,23)(H,21,22)/t13-,14-,15+,16-,17+/m0/s1. The Labute approximate surface area is 153 Å². The summed E-state index contributed by atoms with van der Waals surface area (Å²) in [6.45, 7) is 8.88. The van der Waals surface area contributed by atoms with Gasteiger partial charge >= 0.3 is 0 Å². The van der Waals surface area contributed by atoms with Crippen LogP contribution < -0.4 is 11.1 Å². The second-order valence-corrected chi connectivity index (χ2v) is 7.03. The van der Waals surface area contributed by atoms with Gasteiger partial charge in [-0.15, -0.1) is 0 Å². The number of hydrogen-bond donors (Lipinski definition) is 2. The lowest BCUT2D eigenvalue weighted by Crippen LogP contribution is -2.34. The first kappa shape index (κ1) is 23.9. The van der Waals surface area contributed by atoms with Crippen molar-refractivity contribution in [3.05, 3.63) is 0 Å². The molecule has 0 aliphatic carbocycles. The van der Waals surface area contributed by atoms with Gasteiger partial charge in [0.1, 0.15) is 0 Å². The van der Waals surface area contributed by atoms with Crippen molar-refractivity contribution < 1.29 is 19.1 Å². The molecule has 0 radical (unpaired) electrons. The summed E-state index contributed by atoms with van der Waals surface area (Å²) in [5.74, 6) is 0.246. The van der Waals surface area contributed by atoms with E-state index in [2.05, 4.69) is 26.1 Å². The molecule has 0 aliphatic heterocycles. The fraction of sp³-hybridized carbons (Fsp3) is 0.895. The molecule has 148 valence electrons. The van der Waals surface area contributed by atoms with Crippen molar-refractivity contribution in [2.45, 2.75) is 72.0 Å². The van der Waals surface area contributed by atoms with Crippen LogP contribution in [0.1, 0.15) is 59.8 Å². The Morgan fingerprint density at radius 3 is 2.12 bits per heavy atom. The molecule has 2 amide bonds. The number of nitrogens with two attached hydrogens (primary N) is 1. The lowest BCUT2D eigenvalue weighted by atomic mass is 9.87. The smallest absolute Gasteiger partial charge is 0.222 e. The molecular weight excluding hydrogens is 320 g/mol. The minimum absolute atomic E-state index is 0.0239. The molecule has 0 fully saturated rings. The number of ether oxygens (including phenoxy) is 2. The second-order valence-electron chi connectivity index (χ2n) is 7.03. The van der Waals surface area contributed by atoms with Crippen molar-refractivity contribution in [3.8, 4) is 0 Å². The number of methoxy groups -OCH3 is 2. The van der Waals surface area contributed by atoms with Crippen molar-refractivity contribution in [1.82, 2.24) is 5.32 Å². The first-order chi connectivity index (χ1) is 11.8. The SMILES string of the molecule is CC[C@H](C)[C@H](C)[C@@H](CC(=O)NCCCC[C@H](OC)[C@@H](C)C(N)=O)OC. The van der Waals surface area contributed by atoms with E-state index in [0.29, 0.717) is 24.8 Å². The monoisotopic (exact) mass is 358 g/mol. The largest absolute Gasteiger partial charge is 0.381 e. The molecule has 0 bridgehead atoms. The minimum atomic E-state index is -0.346. The molecule has 0 aliphatic rings. The van der Waals surface area contributed by atoms with Gasteiger partial charge in [-0.2, -0.15) is 0 Å². The highest BCUT2D eigenvalue weighted by molar-refractivity contribution is 5.77. The zero-order chi connectivity index (χ0) is 19.4. The van der Waals surface area contributed by atoms with Crippen molar-refractivity contribution in [3.63, 3.8) is 0 Å². The summed E-state index contributed by atoms with van der Waals surface area (Å²) < 4.78 is 10.8. The Morgan fingerprint density at radius 1 is 1.04 bits per heavy atom. The molecule has 0 heterocycles. The number of nitrogens with one attached hydrogen (secondary N) is 1. The van der Waals surface area contributed by atoms with Crippen LogP contribution in [0.3, 0.4) is 0 Å². The van der Waals surface area contributed by atoms with Crippen LogP contribution in [0.15, 0.2) is 0 Å². The van der Waals surface area contributed by atoms with E-state index < -0.39 is 0 Å². The Hall–Kier alpha value is -1.14. The molecular formula is C19H38N2O4. The van der Waals surface area contributed by atoms with E-state index >= 15 is 0 Å². The van der Waals surface area contributed by atoms with Gasteiger partial charge in [-0.05, 0) is 31.1 Å². The van der Waals surface area contributed by atoms with Gasteiger partial charge in [0.25, 0.3) is 0 Å². The number of primary amides is 1. The quantitative estimate of drug-likeness (QED) is 0.467. The van der Waals surface area contributed by atoms with E-state index in [4.69, 9.17) is 15.2 Å². The first-order valence-corrected chi connectivity index (χ1v) is 9.39. The summed E-state index contributed by atoms with van der Waals surface area (Å²) >= 11 is 0. The molecule has 6 heteroatoms. The minimum Gasteiger partial charge on any atom is -0.381 e. The summed E-state index contributed by atoms with van der Waals surface area (Å²) in [7, 11) is 3.26. The molecule has 0 saturated carbocycles. The van der Waals surface area contributed by atoms with Crippen LogP contribution in [0.25, 0.3) is 0 Å². The predicted molar refractivity (Wildman–Crippen MR) is 100 cm³/mol. The number of carbonyl (C=O) groups is 2. The van der Waals surface area contributed by atoms with Crippen LogP contribution in [-0.4, -0.2) is 44.8 Å². The molecule has 5 atom stereocenters. The van der Waals surface area contributed by atoms with E-state index in [1.165, 1.54) is 0 Å². The van der Waals surface area contributed by atoms with Gasteiger partial charge in [0.2, 0.25) is 11.8 Å². The van der Waals surface area contributed by atoms with Gasteiger partial charge in [-0.3, -0.25) is 9.59 Å². The van der Waals surface area contributed by atoms with E-state index in [1.807, 2.05) is 0 Å². The molecule has 0 saturated heterocycles. The van der Waals surface area contributed by atoms with Gasteiger partial charge in [-0.25, -0.2) is 0 Å². The molecule has 6 nitrogen and oxygen atoms in total. The van der Waals surface area contributed by atoms with E-state index in [9.17, 15) is 9.59 Å². The number of hydrogen-bond acceptors (Lipinski definition) is 4. The number of rotatable bonds is 14. The normalized spacial score (nSPS) is 17.4. The molecule has 0 rings (SSSR count). The average Bonchev–Trinajstić information content (AvgIpc) is 2.60. The zero-order valence-corrected chi connectivity index (χ0v) is 16.8. The van der Waals surface area contributed by atoms with Gasteiger partial charge in [0, 0.05) is 20.8 Å². The first-order valence-electron chi connectivity index (χ1n) is 9.39. The predicted octanol–water partition coefficient (Wildman–Crippen LogP) is 2.50. The van der Waals surface area contributed by atoms with Crippen molar-refractivity contribution in [2.75, 3.05) is 20.8 Å². The van der Waals surface area contributed by atoms with Gasteiger partial charge < -0.3 is 20.5 Å². The number of unbranched alkanes of at least 4 members (excludes halogenated alkanes) is 1. The maximum Gasteiger partial charge on any atom is 0.222 e. The highest BCUT2D eigenvalue weighted by atomic mass is 16.5. The third kappa shape index (κ3) is 9.21. The van der Waals surface area contributed by atoms with Gasteiger partial charge in [0.15, 0.2) is 0 Å². The molecule has 0 aromatic rings. The lowest BCUT2D eigenvalue weighted by Gasteiger charge is -2.26. The highest BCUT2D eigenvalue weighted by Crippen LogP contribution is 2.22.